The van der Waals surface area contributed by atoms with Gasteiger partial charge in [-0.05, 0) is 63.8 Å². The summed E-state index contributed by atoms with van der Waals surface area (Å²) in [7, 11) is 3.24. The molecule has 172 valence electrons. The summed E-state index contributed by atoms with van der Waals surface area (Å²) in [6.45, 7) is 9.63. The van der Waals surface area contributed by atoms with Gasteiger partial charge in [0.15, 0.2) is 0 Å². The van der Waals surface area contributed by atoms with Crippen LogP contribution in [0.15, 0.2) is 24.3 Å². The van der Waals surface area contributed by atoms with Crippen molar-refractivity contribution in [3.05, 3.63) is 35.4 Å². The first-order valence-corrected chi connectivity index (χ1v) is 10.8. The minimum atomic E-state index is -0.611. The first-order valence-electron chi connectivity index (χ1n) is 10.8. The fourth-order valence-corrected chi connectivity index (χ4v) is 3.09. The largest absolute Gasteiger partial charge is 0.495 e. The average Bonchev–Trinajstić information content (AvgIpc) is 2.80. The summed E-state index contributed by atoms with van der Waals surface area (Å²) in [4.78, 5) is 0. The maximum atomic E-state index is 5.57. The van der Waals surface area contributed by atoms with Crippen molar-refractivity contribution in [1.29, 1.82) is 0 Å². The molecule has 6 heteroatoms. The van der Waals surface area contributed by atoms with Gasteiger partial charge in [-0.2, -0.15) is 0 Å². The number of hydrogen-bond acceptors (Lipinski definition) is 6. The van der Waals surface area contributed by atoms with Gasteiger partial charge in [-0.25, -0.2) is 0 Å². The molecule has 2 aromatic rings. The Hall–Kier alpha value is -2.74. The molecule has 2 rings (SSSR count). The van der Waals surface area contributed by atoms with E-state index in [1.54, 1.807) is 14.2 Å². The van der Waals surface area contributed by atoms with Crippen molar-refractivity contribution >= 4 is 10.8 Å². The Bertz CT molecular complexity index is 899. The Balaban J connectivity index is 2.65. The third kappa shape index (κ3) is 6.63. The molecule has 0 N–H and O–H groups in total. The topological polar surface area (TPSA) is 55.4 Å². The lowest BCUT2D eigenvalue weighted by Gasteiger charge is -2.13. The molecule has 6 nitrogen and oxygen atoms in total. The monoisotopic (exact) mass is 440 g/mol. The zero-order valence-corrected chi connectivity index (χ0v) is 19.7. The van der Waals surface area contributed by atoms with Crippen molar-refractivity contribution in [3.63, 3.8) is 0 Å². The van der Waals surface area contributed by atoms with Crippen molar-refractivity contribution < 1.29 is 28.4 Å². The van der Waals surface area contributed by atoms with Crippen LogP contribution in [0.5, 0.6) is 11.5 Å². The van der Waals surface area contributed by atoms with Crippen LogP contribution in [-0.4, -0.2) is 53.2 Å². The Morgan fingerprint density at radius 3 is 1.22 bits per heavy atom. The lowest BCUT2D eigenvalue weighted by atomic mass is 9.98. The van der Waals surface area contributed by atoms with Gasteiger partial charge < -0.3 is 28.4 Å². The molecular weight excluding hydrogens is 408 g/mol. The molecule has 0 saturated carbocycles. The Kier molecular flexibility index (Phi) is 10.9. The van der Waals surface area contributed by atoms with Crippen LogP contribution < -0.4 is 9.47 Å². The Morgan fingerprint density at radius 1 is 0.594 bits per heavy atom. The van der Waals surface area contributed by atoms with Gasteiger partial charge in [0, 0.05) is 37.2 Å². The van der Waals surface area contributed by atoms with E-state index in [4.69, 9.17) is 28.4 Å². The van der Waals surface area contributed by atoms with Gasteiger partial charge in [-0.15, -0.1) is 0 Å². The quantitative estimate of drug-likeness (QED) is 0.404. The van der Waals surface area contributed by atoms with E-state index < -0.39 is 12.6 Å². The van der Waals surface area contributed by atoms with Crippen LogP contribution in [0.1, 0.15) is 38.8 Å². The maximum absolute atomic E-state index is 5.57. The molecule has 0 atom stereocenters. The number of fused-ring (bicyclic) bond motifs is 1. The first-order chi connectivity index (χ1) is 15.6. The highest BCUT2D eigenvalue weighted by Gasteiger charge is 2.14. The van der Waals surface area contributed by atoms with Gasteiger partial charge in [0.2, 0.25) is 12.6 Å². The van der Waals surface area contributed by atoms with Gasteiger partial charge in [0.1, 0.15) is 11.5 Å². The number of methoxy groups -OCH3 is 2. The molecule has 0 spiro atoms. The predicted molar refractivity (Wildman–Crippen MR) is 125 cm³/mol. The van der Waals surface area contributed by atoms with Crippen LogP contribution in [0, 0.1) is 23.7 Å². The molecule has 0 aliphatic carbocycles. The molecular formula is C26H32O6. The zero-order chi connectivity index (χ0) is 23.3. The Labute approximate surface area is 191 Å². The molecule has 0 fully saturated rings. The maximum Gasteiger partial charge on any atom is 0.222 e. The van der Waals surface area contributed by atoms with Gasteiger partial charge >= 0.3 is 0 Å². The van der Waals surface area contributed by atoms with Gasteiger partial charge in [-0.1, -0.05) is 11.8 Å². The molecule has 2 aromatic carbocycles. The summed E-state index contributed by atoms with van der Waals surface area (Å²) in [5, 5.41) is 1.77. The highest BCUT2D eigenvalue weighted by Crippen LogP contribution is 2.33. The fraction of sp³-hybridized carbons (Fsp3) is 0.462. The van der Waals surface area contributed by atoms with E-state index in [0.29, 0.717) is 37.9 Å². The standard InChI is InChI=1S/C26H32O6/c1-7-29-25(30-8-2)17-13-21-19-11-16-24(28-6)22(20(19)12-15-23(21)27-5)14-18-26(31-9-3)32-10-4/h11-12,15-16,25-26H,7-10H2,1-6H3. The third-order valence-electron chi connectivity index (χ3n) is 4.47. The fourth-order valence-electron chi connectivity index (χ4n) is 3.09. The second-order valence-corrected chi connectivity index (χ2v) is 6.40. The summed E-state index contributed by atoms with van der Waals surface area (Å²) in [5.74, 6) is 13.8. The van der Waals surface area contributed by atoms with Crippen molar-refractivity contribution in [3.8, 4) is 35.2 Å². The van der Waals surface area contributed by atoms with Gasteiger partial charge in [-0.3, -0.25) is 0 Å². The second kappa shape index (κ2) is 13.6. The van der Waals surface area contributed by atoms with Gasteiger partial charge in [0.05, 0.1) is 25.3 Å². The molecule has 0 heterocycles. The molecule has 0 amide bonds. The molecule has 0 radical (unpaired) electrons. The summed E-state index contributed by atoms with van der Waals surface area (Å²) >= 11 is 0. The summed E-state index contributed by atoms with van der Waals surface area (Å²) < 4.78 is 33.4. The Morgan fingerprint density at radius 2 is 0.938 bits per heavy atom. The summed E-state index contributed by atoms with van der Waals surface area (Å²) in [6.07, 6.45) is -1.22. The highest BCUT2D eigenvalue weighted by molar-refractivity contribution is 5.96. The minimum absolute atomic E-state index is 0.504. The van der Waals surface area contributed by atoms with Crippen molar-refractivity contribution in [2.75, 3.05) is 40.6 Å². The number of benzene rings is 2. The molecule has 0 bridgehead atoms. The average molecular weight is 441 g/mol. The molecule has 0 aliphatic rings. The lowest BCUT2D eigenvalue weighted by Crippen LogP contribution is -2.15. The van der Waals surface area contributed by atoms with Gasteiger partial charge in [0.25, 0.3) is 0 Å². The molecule has 32 heavy (non-hydrogen) atoms. The number of hydrogen-bond donors (Lipinski definition) is 0. The van der Waals surface area contributed by atoms with E-state index in [-0.39, 0.29) is 0 Å². The lowest BCUT2D eigenvalue weighted by molar-refractivity contribution is -0.0972. The van der Waals surface area contributed by atoms with Crippen LogP contribution in [0.4, 0.5) is 0 Å². The molecule has 0 saturated heterocycles. The van der Waals surface area contributed by atoms with E-state index in [9.17, 15) is 0 Å². The van der Waals surface area contributed by atoms with E-state index in [2.05, 4.69) is 23.7 Å². The smallest absolute Gasteiger partial charge is 0.222 e. The molecule has 0 aliphatic heterocycles. The van der Waals surface area contributed by atoms with Crippen LogP contribution in [0.3, 0.4) is 0 Å². The van der Waals surface area contributed by atoms with Crippen LogP contribution in [0.2, 0.25) is 0 Å². The molecule has 0 unspecified atom stereocenters. The van der Waals surface area contributed by atoms with E-state index in [0.717, 1.165) is 21.9 Å². The van der Waals surface area contributed by atoms with Crippen LogP contribution in [-0.2, 0) is 18.9 Å². The highest BCUT2D eigenvalue weighted by atomic mass is 16.7. The van der Waals surface area contributed by atoms with Crippen molar-refractivity contribution in [2.24, 2.45) is 0 Å². The molecule has 0 aromatic heterocycles. The van der Waals surface area contributed by atoms with Crippen LogP contribution >= 0.6 is 0 Å². The zero-order valence-electron chi connectivity index (χ0n) is 19.7. The third-order valence-corrected chi connectivity index (χ3v) is 4.47. The summed E-state index contributed by atoms with van der Waals surface area (Å²) in [6, 6.07) is 7.64. The van der Waals surface area contributed by atoms with Crippen molar-refractivity contribution in [2.45, 2.75) is 40.3 Å². The van der Waals surface area contributed by atoms with Crippen LogP contribution in [0.25, 0.3) is 10.8 Å². The first kappa shape index (κ1) is 25.5. The van der Waals surface area contributed by atoms with E-state index in [1.807, 2.05) is 52.0 Å². The SMILES string of the molecule is CCOC(C#Cc1c(OC)ccc2c(C#CC(OCC)OCC)c(OC)ccc12)OCC. The minimum Gasteiger partial charge on any atom is -0.495 e. The number of ether oxygens (including phenoxy) is 6. The predicted octanol–water partition coefficient (Wildman–Crippen LogP) is 4.36. The summed E-state index contributed by atoms with van der Waals surface area (Å²) in [5.41, 5.74) is 1.46. The van der Waals surface area contributed by atoms with E-state index >= 15 is 0 Å². The van der Waals surface area contributed by atoms with Crippen molar-refractivity contribution in [1.82, 2.24) is 0 Å². The second-order valence-electron chi connectivity index (χ2n) is 6.40. The normalized spacial score (nSPS) is 10.6. The van der Waals surface area contributed by atoms with E-state index in [1.165, 1.54) is 0 Å². The number of rotatable bonds is 10.